The fraction of sp³-hybridized carbons (Fsp3) is 0.875. The number of hydrogen-bond acceptors (Lipinski definition) is 2. The van der Waals surface area contributed by atoms with E-state index < -0.39 is 12.4 Å². The van der Waals surface area contributed by atoms with Gasteiger partial charge in [-0.2, -0.15) is 0 Å². The van der Waals surface area contributed by atoms with E-state index in [1.807, 2.05) is 0 Å². The SMILES string of the molecule is CC(C)(Br)C(=O)OC[Si](C)(C)C. The third kappa shape index (κ3) is 5.77. The number of ether oxygens (including phenoxy) is 1. The molecule has 0 aromatic heterocycles. The second-order valence-electron chi connectivity index (χ2n) is 4.61. The molecule has 0 radical (unpaired) electrons. The molecule has 4 heteroatoms. The summed E-state index contributed by atoms with van der Waals surface area (Å²) in [7, 11) is -1.26. The summed E-state index contributed by atoms with van der Waals surface area (Å²) in [6.45, 7) is 10.1. The molecule has 0 spiro atoms. The van der Waals surface area contributed by atoms with Crippen molar-refractivity contribution in [2.45, 2.75) is 37.8 Å². The van der Waals surface area contributed by atoms with Gasteiger partial charge in [-0.1, -0.05) is 35.6 Å². The maximum atomic E-state index is 11.3. The normalized spacial score (nSPS) is 12.8. The van der Waals surface area contributed by atoms with Gasteiger partial charge < -0.3 is 4.74 Å². The first-order valence-corrected chi connectivity index (χ1v) is 8.49. The molecule has 0 atom stereocenters. The highest BCUT2D eigenvalue weighted by atomic mass is 79.9. The van der Waals surface area contributed by atoms with E-state index in [1.54, 1.807) is 13.8 Å². The van der Waals surface area contributed by atoms with E-state index in [9.17, 15) is 4.79 Å². The van der Waals surface area contributed by atoms with Crippen molar-refractivity contribution in [3.63, 3.8) is 0 Å². The molecule has 0 aliphatic carbocycles. The number of halogens is 1. The average Bonchev–Trinajstić information content (AvgIpc) is 1.78. The lowest BCUT2D eigenvalue weighted by Crippen LogP contribution is -2.35. The van der Waals surface area contributed by atoms with E-state index in [0.29, 0.717) is 6.23 Å². The third-order valence-corrected chi connectivity index (χ3v) is 2.46. The Labute approximate surface area is 83.8 Å². The minimum absolute atomic E-state index is 0.176. The lowest BCUT2D eigenvalue weighted by atomic mass is 10.2. The van der Waals surface area contributed by atoms with Crippen molar-refractivity contribution in [3.05, 3.63) is 0 Å². The van der Waals surface area contributed by atoms with Crippen LogP contribution in [0, 0.1) is 0 Å². The summed E-state index contributed by atoms with van der Waals surface area (Å²) >= 11 is 3.25. The molecule has 0 amide bonds. The molecular weight excluding hydrogens is 236 g/mol. The molecule has 0 aromatic rings. The summed E-state index contributed by atoms with van der Waals surface area (Å²) in [5.41, 5.74) is 0. The van der Waals surface area contributed by atoms with Crippen molar-refractivity contribution < 1.29 is 9.53 Å². The Morgan fingerprint density at radius 2 is 1.83 bits per heavy atom. The van der Waals surface area contributed by atoms with Crippen molar-refractivity contribution in [2.75, 3.05) is 6.23 Å². The highest BCUT2D eigenvalue weighted by Gasteiger charge is 2.27. The summed E-state index contributed by atoms with van der Waals surface area (Å²) in [4.78, 5) is 11.3. The van der Waals surface area contributed by atoms with Crippen LogP contribution in [0.5, 0.6) is 0 Å². The fourth-order valence-electron chi connectivity index (χ4n) is 0.454. The molecule has 0 aliphatic heterocycles. The largest absolute Gasteiger partial charge is 0.468 e. The van der Waals surface area contributed by atoms with Crippen LogP contribution in [-0.2, 0) is 9.53 Å². The maximum Gasteiger partial charge on any atom is 0.321 e. The number of alkyl halides is 1. The summed E-state index contributed by atoms with van der Waals surface area (Å²) in [5.74, 6) is -0.176. The van der Waals surface area contributed by atoms with Crippen LogP contribution in [0.4, 0.5) is 0 Å². The predicted molar refractivity (Wildman–Crippen MR) is 57.3 cm³/mol. The molecule has 0 heterocycles. The number of hydrogen-bond donors (Lipinski definition) is 0. The molecular formula is C8H17BrO2Si. The van der Waals surface area contributed by atoms with E-state index in [2.05, 4.69) is 35.6 Å². The highest BCUT2D eigenvalue weighted by Crippen LogP contribution is 2.18. The van der Waals surface area contributed by atoms with Crippen LogP contribution in [0.1, 0.15) is 13.8 Å². The summed E-state index contributed by atoms with van der Waals surface area (Å²) < 4.78 is 4.60. The van der Waals surface area contributed by atoms with Gasteiger partial charge in [0.05, 0.1) is 14.3 Å². The van der Waals surface area contributed by atoms with E-state index in [-0.39, 0.29) is 5.97 Å². The zero-order chi connectivity index (χ0) is 9.99. The average molecular weight is 253 g/mol. The van der Waals surface area contributed by atoms with Crippen molar-refractivity contribution in [3.8, 4) is 0 Å². The topological polar surface area (TPSA) is 26.3 Å². The van der Waals surface area contributed by atoms with Crippen molar-refractivity contribution in [1.82, 2.24) is 0 Å². The molecule has 0 aromatic carbocycles. The monoisotopic (exact) mass is 252 g/mol. The quantitative estimate of drug-likeness (QED) is 0.439. The van der Waals surface area contributed by atoms with E-state index >= 15 is 0 Å². The molecule has 2 nitrogen and oxygen atoms in total. The van der Waals surface area contributed by atoms with Crippen LogP contribution in [0.15, 0.2) is 0 Å². The Morgan fingerprint density at radius 1 is 1.42 bits per heavy atom. The summed E-state index contributed by atoms with van der Waals surface area (Å²) in [6, 6.07) is 0. The Morgan fingerprint density at radius 3 is 2.08 bits per heavy atom. The van der Waals surface area contributed by atoms with Crippen LogP contribution < -0.4 is 0 Å². The highest BCUT2D eigenvalue weighted by molar-refractivity contribution is 9.10. The molecule has 72 valence electrons. The van der Waals surface area contributed by atoms with Gasteiger partial charge in [0, 0.05) is 0 Å². The number of esters is 1. The minimum Gasteiger partial charge on any atom is -0.468 e. The van der Waals surface area contributed by atoms with Gasteiger partial charge >= 0.3 is 5.97 Å². The first kappa shape index (κ1) is 12.2. The van der Waals surface area contributed by atoms with Crippen molar-refractivity contribution in [2.24, 2.45) is 0 Å². The molecule has 0 N–H and O–H groups in total. The third-order valence-electron chi connectivity index (χ3n) is 1.12. The van der Waals surface area contributed by atoms with Crippen molar-refractivity contribution in [1.29, 1.82) is 0 Å². The maximum absolute atomic E-state index is 11.3. The predicted octanol–water partition coefficient (Wildman–Crippen LogP) is 2.58. The molecule has 0 aliphatic rings. The van der Waals surface area contributed by atoms with Gasteiger partial charge in [0.15, 0.2) is 0 Å². The van der Waals surface area contributed by atoms with Gasteiger partial charge in [0.2, 0.25) is 0 Å². The molecule has 0 unspecified atom stereocenters. The van der Waals surface area contributed by atoms with Gasteiger partial charge in [0.25, 0.3) is 0 Å². The van der Waals surface area contributed by atoms with Gasteiger partial charge in [-0.25, -0.2) is 0 Å². The Bertz CT molecular complexity index is 167. The smallest absolute Gasteiger partial charge is 0.321 e. The molecule has 12 heavy (non-hydrogen) atoms. The van der Waals surface area contributed by atoms with E-state index in [1.165, 1.54) is 0 Å². The zero-order valence-electron chi connectivity index (χ0n) is 8.40. The summed E-state index contributed by atoms with van der Waals surface area (Å²) in [6.07, 6.45) is 0.598. The lowest BCUT2D eigenvalue weighted by molar-refractivity contribution is -0.143. The Balaban J connectivity index is 3.90. The minimum atomic E-state index is -1.26. The number of carbonyl (C=O) groups excluding carboxylic acids is 1. The fourth-order valence-corrected chi connectivity index (χ4v) is 1.13. The van der Waals surface area contributed by atoms with Crippen LogP contribution in [-0.4, -0.2) is 24.6 Å². The number of rotatable bonds is 3. The van der Waals surface area contributed by atoms with Crippen LogP contribution in [0.2, 0.25) is 19.6 Å². The Hall–Kier alpha value is 0.167. The second-order valence-corrected chi connectivity index (χ2v) is 12.0. The van der Waals surface area contributed by atoms with Gasteiger partial charge in [-0.05, 0) is 13.8 Å². The van der Waals surface area contributed by atoms with Gasteiger partial charge in [0.1, 0.15) is 4.32 Å². The zero-order valence-corrected chi connectivity index (χ0v) is 11.0. The first-order valence-electron chi connectivity index (χ1n) is 3.99. The number of carbonyl (C=O) groups is 1. The molecule has 0 rings (SSSR count). The Kier molecular flexibility index (Phi) is 3.97. The van der Waals surface area contributed by atoms with Crippen LogP contribution >= 0.6 is 15.9 Å². The van der Waals surface area contributed by atoms with Gasteiger partial charge in [-0.15, -0.1) is 0 Å². The van der Waals surface area contributed by atoms with Crippen LogP contribution in [0.3, 0.4) is 0 Å². The summed E-state index contributed by atoms with van der Waals surface area (Å²) in [5, 5.41) is 0. The second kappa shape index (κ2) is 3.92. The molecule has 0 saturated heterocycles. The molecule has 0 saturated carbocycles. The molecule has 0 fully saturated rings. The van der Waals surface area contributed by atoms with Gasteiger partial charge in [-0.3, -0.25) is 4.79 Å². The van der Waals surface area contributed by atoms with Crippen molar-refractivity contribution >= 4 is 30.0 Å². The molecule has 0 bridgehead atoms. The first-order chi connectivity index (χ1) is 5.13. The van der Waals surface area contributed by atoms with Crippen LogP contribution in [0.25, 0.3) is 0 Å². The van der Waals surface area contributed by atoms with E-state index in [4.69, 9.17) is 4.74 Å². The lowest BCUT2D eigenvalue weighted by Gasteiger charge is -2.20. The standard InChI is InChI=1S/C8H17BrO2Si/c1-8(2,9)7(10)11-6-12(3,4)5/h6H2,1-5H3. The van der Waals surface area contributed by atoms with E-state index in [0.717, 1.165) is 0 Å².